The van der Waals surface area contributed by atoms with Gasteiger partial charge in [0.2, 0.25) is 5.91 Å². The molecule has 2 rings (SSSR count). The smallest absolute Gasteiger partial charge is 0.239 e. The van der Waals surface area contributed by atoms with Gasteiger partial charge in [0.25, 0.3) is 0 Å². The Kier molecular flexibility index (Phi) is 5.32. The van der Waals surface area contributed by atoms with Crippen molar-refractivity contribution in [1.82, 2.24) is 15.3 Å². The monoisotopic (exact) mass is 263 g/mol. The predicted molar refractivity (Wildman–Crippen MR) is 73.3 cm³/mol. The van der Waals surface area contributed by atoms with Crippen molar-refractivity contribution in [1.29, 1.82) is 0 Å². The van der Waals surface area contributed by atoms with Crippen LogP contribution in [-0.2, 0) is 16.2 Å². The first kappa shape index (κ1) is 14.0. The summed E-state index contributed by atoms with van der Waals surface area (Å²) in [6, 6.07) is 9.88. The Morgan fingerprint density at radius 3 is 2.58 bits per heavy atom. The van der Waals surface area contributed by atoms with Gasteiger partial charge in [0.15, 0.2) is 0 Å². The Morgan fingerprint density at radius 2 is 1.89 bits per heavy atom. The molecule has 1 aliphatic rings. The molecule has 0 bridgehead atoms. The Hall–Kier alpha value is -1.43. The van der Waals surface area contributed by atoms with Gasteiger partial charge >= 0.3 is 0 Å². The average Bonchev–Trinajstić information content (AvgIpc) is 2.45. The highest BCUT2D eigenvalue weighted by molar-refractivity contribution is 5.78. The number of hydrogen-bond donors (Lipinski definition) is 1. The molecule has 1 amide bonds. The third-order valence-electron chi connectivity index (χ3n) is 3.26. The van der Waals surface area contributed by atoms with Gasteiger partial charge < -0.3 is 9.80 Å². The van der Waals surface area contributed by atoms with Crippen molar-refractivity contribution < 1.29 is 9.63 Å². The van der Waals surface area contributed by atoms with Crippen molar-refractivity contribution in [2.75, 3.05) is 39.8 Å². The number of nitrogens with one attached hydrogen (secondary N) is 1. The van der Waals surface area contributed by atoms with Crippen molar-refractivity contribution in [2.45, 2.75) is 6.61 Å². The molecular weight excluding hydrogens is 242 g/mol. The first-order chi connectivity index (χ1) is 9.25. The highest BCUT2D eigenvalue weighted by Gasteiger charge is 2.18. The van der Waals surface area contributed by atoms with Crippen molar-refractivity contribution in [3.05, 3.63) is 35.9 Å². The lowest BCUT2D eigenvalue weighted by molar-refractivity contribution is -0.134. The van der Waals surface area contributed by atoms with Gasteiger partial charge in [-0.15, -0.1) is 0 Å². The van der Waals surface area contributed by atoms with Gasteiger partial charge in [-0.3, -0.25) is 9.63 Å². The number of nitrogens with zero attached hydrogens (tertiary/aromatic N) is 2. The largest absolute Gasteiger partial charge is 0.339 e. The number of carbonyl (C=O) groups excluding carboxylic acids is 1. The number of amides is 1. The Bertz CT molecular complexity index is 389. The van der Waals surface area contributed by atoms with E-state index in [1.807, 2.05) is 35.2 Å². The molecule has 0 aliphatic carbocycles. The van der Waals surface area contributed by atoms with E-state index in [4.69, 9.17) is 4.84 Å². The van der Waals surface area contributed by atoms with Crippen LogP contribution in [0, 0.1) is 0 Å². The lowest BCUT2D eigenvalue weighted by Crippen LogP contribution is -2.49. The number of hydroxylamine groups is 1. The van der Waals surface area contributed by atoms with Gasteiger partial charge in [-0.05, 0) is 12.6 Å². The van der Waals surface area contributed by atoms with Crippen LogP contribution in [0.5, 0.6) is 0 Å². The van der Waals surface area contributed by atoms with Gasteiger partial charge in [-0.25, -0.2) is 0 Å². The van der Waals surface area contributed by atoms with Crippen molar-refractivity contribution in [3.8, 4) is 0 Å². The summed E-state index contributed by atoms with van der Waals surface area (Å²) in [5.41, 5.74) is 3.82. The van der Waals surface area contributed by atoms with E-state index >= 15 is 0 Å². The van der Waals surface area contributed by atoms with Crippen LogP contribution in [0.3, 0.4) is 0 Å². The number of hydrogen-bond acceptors (Lipinski definition) is 4. The molecule has 0 spiro atoms. The Morgan fingerprint density at radius 1 is 1.21 bits per heavy atom. The molecule has 19 heavy (non-hydrogen) atoms. The zero-order chi connectivity index (χ0) is 13.5. The molecule has 0 saturated carbocycles. The minimum atomic E-state index is 0.0983. The average molecular weight is 263 g/mol. The molecule has 0 radical (unpaired) electrons. The Labute approximate surface area is 114 Å². The second-order valence-corrected chi connectivity index (χ2v) is 4.78. The van der Waals surface area contributed by atoms with Gasteiger partial charge in [0.05, 0.1) is 6.61 Å². The summed E-state index contributed by atoms with van der Waals surface area (Å²) in [6.07, 6.45) is 0. The highest BCUT2D eigenvalue weighted by atomic mass is 16.6. The first-order valence-corrected chi connectivity index (χ1v) is 6.60. The maximum Gasteiger partial charge on any atom is 0.239 e. The van der Waals surface area contributed by atoms with E-state index in [-0.39, 0.29) is 12.5 Å². The summed E-state index contributed by atoms with van der Waals surface area (Å²) in [4.78, 5) is 21.3. The zero-order valence-electron chi connectivity index (χ0n) is 11.3. The number of piperazine rings is 1. The van der Waals surface area contributed by atoms with Gasteiger partial charge in [-0.2, -0.15) is 5.48 Å². The third-order valence-corrected chi connectivity index (χ3v) is 3.26. The van der Waals surface area contributed by atoms with Crippen LogP contribution in [0.1, 0.15) is 5.56 Å². The standard InChI is InChI=1S/C14H21N3O2/c1-16-7-9-17(10-8-16)14(18)11-15-19-12-13-5-3-2-4-6-13/h2-6,15H,7-12H2,1H3. The summed E-state index contributed by atoms with van der Waals surface area (Å²) in [5.74, 6) is 0.0983. The van der Waals surface area contributed by atoms with Gasteiger partial charge in [0, 0.05) is 26.2 Å². The topological polar surface area (TPSA) is 44.8 Å². The maximum absolute atomic E-state index is 11.9. The van der Waals surface area contributed by atoms with E-state index in [2.05, 4.69) is 17.4 Å². The molecule has 1 aromatic rings. The summed E-state index contributed by atoms with van der Waals surface area (Å²) in [6.45, 7) is 4.19. The van der Waals surface area contributed by atoms with E-state index < -0.39 is 0 Å². The van der Waals surface area contributed by atoms with Crippen LogP contribution >= 0.6 is 0 Å². The molecule has 104 valence electrons. The zero-order valence-corrected chi connectivity index (χ0v) is 11.3. The SMILES string of the molecule is CN1CCN(C(=O)CNOCc2ccccc2)CC1. The number of rotatable bonds is 5. The van der Waals surface area contributed by atoms with E-state index in [1.54, 1.807) is 0 Å². The second-order valence-electron chi connectivity index (χ2n) is 4.78. The van der Waals surface area contributed by atoms with Crippen LogP contribution in [-0.4, -0.2) is 55.5 Å². The molecule has 0 unspecified atom stereocenters. The van der Waals surface area contributed by atoms with Crippen LogP contribution < -0.4 is 5.48 Å². The summed E-state index contributed by atoms with van der Waals surface area (Å²) in [7, 11) is 2.07. The fourth-order valence-electron chi connectivity index (χ4n) is 1.99. The van der Waals surface area contributed by atoms with Crippen LogP contribution in [0.15, 0.2) is 30.3 Å². The van der Waals surface area contributed by atoms with E-state index in [0.717, 1.165) is 31.7 Å². The molecule has 5 heteroatoms. The van der Waals surface area contributed by atoms with E-state index in [0.29, 0.717) is 6.61 Å². The molecule has 1 aromatic carbocycles. The molecule has 1 aliphatic heterocycles. The fourth-order valence-corrected chi connectivity index (χ4v) is 1.99. The fraction of sp³-hybridized carbons (Fsp3) is 0.500. The van der Waals surface area contributed by atoms with Crippen LogP contribution in [0.2, 0.25) is 0 Å². The summed E-state index contributed by atoms with van der Waals surface area (Å²) in [5, 5.41) is 0. The summed E-state index contributed by atoms with van der Waals surface area (Å²) < 4.78 is 0. The third kappa shape index (κ3) is 4.63. The summed E-state index contributed by atoms with van der Waals surface area (Å²) >= 11 is 0. The predicted octanol–water partition coefficient (Wildman–Crippen LogP) is 0.482. The van der Waals surface area contributed by atoms with Crippen LogP contribution in [0.4, 0.5) is 0 Å². The van der Waals surface area contributed by atoms with E-state index in [9.17, 15) is 4.79 Å². The molecular formula is C14H21N3O2. The van der Waals surface area contributed by atoms with E-state index in [1.165, 1.54) is 0 Å². The molecule has 5 nitrogen and oxygen atoms in total. The molecule has 0 aromatic heterocycles. The first-order valence-electron chi connectivity index (χ1n) is 6.60. The lowest BCUT2D eigenvalue weighted by atomic mass is 10.2. The quantitative estimate of drug-likeness (QED) is 0.620. The number of benzene rings is 1. The highest BCUT2D eigenvalue weighted by Crippen LogP contribution is 2.00. The molecule has 1 saturated heterocycles. The molecule has 1 fully saturated rings. The molecule has 1 heterocycles. The van der Waals surface area contributed by atoms with Gasteiger partial charge in [-0.1, -0.05) is 30.3 Å². The molecule has 0 atom stereocenters. The normalized spacial score (nSPS) is 16.6. The molecule has 1 N–H and O–H groups in total. The second kappa shape index (κ2) is 7.23. The Balaban J connectivity index is 1.61. The van der Waals surface area contributed by atoms with Crippen molar-refractivity contribution in [3.63, 3.8) is 0 Å². The lowest BCUT2D eigenvalue weighted by Gasteiger charge is -2.32. The minimum Gasteiger partial charge on any atom is -0.339 e. The van der Waals surface area contributed by atoms with Crippen molar-refractivity contribution >= 4 is 5.91 Å². The van der Waals surface area contributed by atoms with Gasteiger partial charge in [0.1, 0.15) is 6.54 Å². The van der Waals surface area contributed by atoms with Crippen LogP contribution in [0.25, 0.3) is 0 Å². The minimum absolute atomic E-state index is 0.0983. The number of likely N-dealkylation sites (N-methyl/N-ethyl adjacent to an activating group) is 1. The number of carbonyl (C=O) groups is 1. The maximum atomic E-state index is 11.9. The van der Waals surface area contributed by atoms with Crippen molar-refractivity contribution in [2.24, 2.45) is 0 Å².